The van der Waals surface area contributed by atoms with Crippen molar-refractivity contribution in [3.8, 4) is 10.4 Å². The average Bonchev–Trinajstić information content (AvgIpc) is 3.19. The molecule has 0 aromatic carbocycles. The lowest BCUT2D eigenvalue weighted by Gasteiger charge is -2.29. The van der Waals surface area contributed by atoms with Crippen molar-refractivity contribution in [3.05, 3.63) is 23.6 Å². The smallest absolute Gasteiger partial charge is 0.250 e. The molecule has 0 radical (unpaired) electrons. The van der Waals surface area contributed by atoms with E-state index in [1.807, 2.05) is 13.8 Å². The molecule has 1 saturated heterocycles. The largest absolute Gasteiger partial charge is 0.392 e. The minimum atomic E-state index is -3.52. The second kappa shape index (κ2) is 8.18. The van der Waals surface area contributed by atoms with E-state index in [0.29, 0.717) is 29.5 Å². The highest BCUT2D eigenvalue weighted by molar-refractivity contribution is 7.91. The number of aryl methyl sites for hydroxylation is 2. The molecule has 0 spiro atoms. The monoisotopic (exact) mass is 399 g/mol. The van der Waals surface area contributed by atoms with Crippen molar-refractivity contribution in [3.63, 3.8) is 0 Å². The van der Waals surface area contributed by atoms with E-state index < -0.39 is 10.0 Å². The third-order valence-corrected chi connectivity index (χ3v) is 7.61. The summed E-state index contributed by atoms with van der Waals surface area (Å²) < 4.78 is 33.1. The van der Waals surface area contributed by atoms with Gasteiger partial charge in [0, 0.05) is 18.0 Å². The molecule has 2 N–H and O–H groups in total. The molecule has 2 aromatic heterocycles. The third-order valence-electron chi connectivity index (χ3n) is 4.55. The van der Waals surface area contributed by atoms with Gasteiger partial charge >= 0.3 is 0 Å². The van der Waals surface area contributed by atoms with Gasteiger partial charge in [0.25, 0.3) is 0 Å². The van der Waals surface area contributed by atoms with Gasteiger partial charge in [-0.05, 0) is 58.3 Å². The first-order chi connectivity index (χ1) is 12.4. The van der Waals surface area contributed by atoms with E-state index >= 15 is 0 Å². The van der Waals surface area contributed by atoms with Crippen molar-refractivity contribution in [1.82, 2.24) is 14.8 Å². The van der Waals surface area contributed by atoms with Gasteiger partial charge in [0.05, 0.1) is 17.4 Å². The quantitative estimate of drug-likeness (QED) is 0.693. The maximum Gasteiger partial charge on any atom is 0.250 e. The molecule has 144 valence electrons. The SMILES string of the molecule is Cc1noc(C)c1-c1ccc(S(=O)(=O)NCCCN2CCC[C@H](O)C2)s1. The standard InChI is InChI=1S/C17H25N3O4S2/c1-12-17(13(2)24-19-12)15-6-7-16(25-15)26(22,23)18-8-4-10-20-9-3-5-14(21)11-20/h6-7,14,18,21H,3-5,8-11H2,1-2H3/t14-/m0/s1. The number of rotatable bonds is 7. The minimum Gasteiger partial charge on any atom is -0.392 e. The summed E-state index contributed by atoms with van der Waals surface area (Å²) in [6.45, 7) is 6.48. The van der Waals surface area contributed by atoms with Crippen molar-refractivity contribution in [2.24, 2.45) is 0 Å². The summed E-state index contributed by atoms with van der Waals surface area (Å²) in [5.41, 5.74) is 1.62. The van der Waals surface area contributed by atoms with Gasteiger partial charge in [0.1, 0.15) is 9.97 Å². The number of piperidine rings is 1. The number of hydrogen-bond donors (Lipinski definition) is 2. The number of β-amino-alcohol motifs (C(OH)–C–C–N with tert-alkyl or cyclic N) is 1. The van der Waals surface area contributed by atoms with Crippen molar-refractivity contribution >= 4 is 21.4 Å². The zero-order chi connectivity index (χ0) is 18.7. The Morgan fingerprint density at radius 2 is 2.23 bits per heavy atom. The fourth-order valence-electron chi connectivity index (χ4n) is 3.25. The van der Waals surface area contributed by atoms with E-state index in [0.717, 1.165) is 42.1 Å². The van der Waals surface area contributed by atoms with Crippen LogP contribution in [0.4, 0.5) is 0 Å². The van der Waals surface area contributed by atoms with Crippen molar-refractivity contribution < 1.29 is 18.0 Å². The van der Waals surface area contributed by atoms with Gasteiger partial charge in [-0.1, -0.05) is 5.16 Å². The van der Waals surface area contributed by atoms with E-state index in [2.05, 4.69) is 14.8 Å². The molecule has 0 unspecified atom stereocenters. The lowest BCUT2D eigenvalue weighted by Crippen LogP contribution is -2.39. The second-order valence-electron chi connectivity index (χ2n) is 6.67. The Kier molecular flexibility index (Phi) is 6.13. The molecule has 0 bridgehead atoms. The van der Waals surface area contributed by atoms with E-state index in [1.165, 1.54) is 11.3 Å². The van der Waals surface area contributed by atoms with E-state index in [1.54, 1.807) is 12.1 Å². The highest BCUT2D eigenvalue weighted by Crippen LogP contribution is 2.34. The number of hydrogen-bond acceptors (Lipinski definition) is 7. The van der Waals surface area contributed by atoms with Crippen LogP contribution in [0.3, 0.4) is 0 Å². The average molecular weight is 400 g/mol. The molecule has 1 aliphatic rings. The molecule has 1 aliphatic heterocycles. The number of likely N-dealkylation sites (tertiary alicyclic amines) is 1. The molecule has 1 atom stereocenters. The summed E-state index contributed by atoms with van der Waals surface area (Å²) >= 11 is 1.22. The van der Waals surface area contributed by atoms with Gasteiger partial charge in [-0.25, -0.2) is 13.1 Å². The maximum absolute atomic E-state index is 12.5. The van der Waals surface area contributed by atoms with Crippen LogP contribution in [-0.2, 0) is 10.0 Å². The predicted molar refractivity (Wildman–Crippen MR) is 101 cm³/mol. The van der Waals surface area contributed by atoms with Crippen LogP contribution in [0.1, 0.15) is 30.7 Å². The Morgan fingerprint density at radius 1 is 1.42 bits per heavy atom. The third kappa shape index (κ3) is 4.52. The lowest BCUT2D eigenvalue weighted by molar-refractivity contribution is 0.0704. The van der Waals surface area contributed by atoms with Gasteiger partial charge in [-0.15, -0.1) is 11.3 Å². The van der Waals surface area contributed by atoms with E-state index in [4.69, 9.17) is 4.52 Å². The zero-order valence-corrected chi connectivity index (χ0v) is 16.7. The zero-order valence-electron chi connectivity index (χ0n) is 15.1. The molecule has 9 heteroatoms. The van der Waals surface area contributed by atoms with Crippen LogP contribution in [0.5, 0.6) is 0 Å². The molecule has 3 heterocycles. The minimum absolute atomic E-state index is 0.255. The second-order valence-corrected chi connectivity index (χ2v) is 9.74. The van der Waals surface area contributed by atoms with Crippen LogP contribution in [0.2, 0.25) is 0 Å². The number of thiophene rings is 1. The normalized spacial score (nSPS) is 19.1. The van der Waals surface area contributed by atoms with Crippen molar-refractivity contribution in [1.29, 1.82) is 0 Å². The lowest BCUT2D eigenvalue weighted by atomic mass is 10.1. The molecule has 0 aliphatic carbocycles. The Morgan fingerprint density at radius 3 is 2.92 bits per heavy atom. The fraction of sp³-hybridized carbons (Fsp3) is 0.588. The van der Waals surface area contributed by atoms with Gasteiger partial charge < -0.3 is 14.5 Å². The Balaban J connectivity index is 1.55. The van der Waals surface area contributed by atoms with Crippen LogP contribution in [-0.4, -0.2) is 55.9 Å². The van der Waals surface area contributed by atoms with E-state index in [9.17, 15) is 13.5 Å². The van der Waals surface area contributed by atoms with E-state index in [-0.39, 0.29) is 6.10 Å². The summed E-state index contributed by atoms with van der Waals surface area (Å²) in [4.78, 5) is 3.02. The number of aromatic nitrogens is 1. The number of aliphatic hydroxyl groups is 1. The summed E-state index contributed by atoms with van der Waals surface area (Å²) in [6.07, 6.45) is 2.31. The first-order valence-corrected chi connectivity index (χ1v) is 11.1. The van der Waals surface area contributed by atoms with Gasteiger partial charge in [-0.3, -0.25) is 0 Å². The molecule has 26 heavy (non-hydrogen) atoms. The summed E-state index contributed by atoms with van der Waals surface area (Å²) in [5, 5.41) is 13.6. The molecule has 2 aromatic rings. The van der Waals surface area contributed by atoms with Crippen LogP contribution in [0.25, 0.3) is 10.4 Å². The number of nitrogens with zero attached hydrogens (tertiary/aromatic N) is 2. The highest BCUT2D eigenvalue weighted by Gasteiger charge is 2.21. The summed E-state index contributed by atoms with van der Waals surface area (Å²) in [6, 6.07) is 3.41. The molecule has 0 saturated carbocycles. The van der Waals surface area contributed by atoms with Crippen molar-refractivity contribution in [2.45, 2.75) is 43.4 Å². The first kappa shape index (κ1) is 19.5. The first-order valence-electron chi connectivity index (χ1n) is 8.80. The number of nitrogens with one attached hydrogen (secondary N) is 1. The number of aliphatic hydroxyl groups excluding tert-OH is 1. The Labute approximate surface area is 158 Å². The summed E-state index contributed by atoms with van der Waals surface area (Å²) in [5.74, 6) is 0.685. The molecule has 7 nitrogen and oxygen atoms in total. The number of sulfonamides is 1. The molecule has 1 fully saturated rings. The van der Waals surface area contributed by atoms with Gasteiger partial charge in [-0.2, -0.15) is 0 Å². The molecule has 3 rings (SSSR count). The topological polar surface area (TPSA) is 95.7 Å². The molecular formula is C17H25N3O4S2. The maximum atomic E-state index is 12.5. The molecular weight excluding hydrogens is 374 g/mol. The van der Waals surface area contributed by atoms with Crippen molar-refractivity contribution in [2.75, 3.05) is 26.2 Å². The van der Waals surface area contributed by atoms with Gasteiger partial charge in [0.2, 0.25) is 10.0 Å². The fourth-order valence-corrected chi connectivity index (χ4v) is 5.82. The Bertz CT molecular complexity index is 825. The Hall–Kier alpha value is -1.26. The van der Waals surface area contributed by atoms with Crippen LogP contribution < -0.4 is 4.72 Å². The predicted octanol–water partition coefficient (Wildman–Crippen LogP) is 2.15. The van der Waals surface area contributed by atoms with Crippen LogP contribution in [0, 0.1) is 13.8 Å². The highest BCUT2D eigenvalue weighted by atomic mass is 32.2. The van der Waals surface area contributed by atoms with Crippen LogP contribution >= 0.6 is 11.3 Å². The molecule has 0 amide bonds. The van der Waals surface area contributed by atoms with Gasteiger partial charge in [0.15, 0.2) is 0 Å². The van der Waals surface area contributed by atoms with Crippen LogP contribution in [0.15, 0.2) is 20.9 Å². The summed E-state index contributed by atoms with van der Waals surface area (Å²) in [7, 11) is -3.52.